The Labute approximate surface area is 142 Å². The maximum absolute atomic E-state index is 12.8. The third-order valence-corrected chi connectivity index (χ3v) is 2.94. The molecule has 25 heavy (non-hydrogen) atoms. The second kappa shape index (κ2) is 8.57. The van der Waals surface area contributed by atoms with E-state index in [1.165, 1.54) is 30.3 Å². The SMILES string of the molecule is Cc1cc(NC(=O)COC(=O)CCC(=O)Nc2ccc(F)cc2)no1. The highest BCUT2D eigenvalue weighted by Crippen LogP contribution is 2.09. The lowest BCUT2D eigenvalue weighted by atomic mass is 10.2. The Kier molecular flexibility index (Phi) is 6.21. The number of anilines is 2. The van der Waals surface area contributed by atoms with Crippen LogP contribution < -0.4 is 10.6 Å². The van der Waals surface area contributed by atoms with Crippen LogP contribution in [0.25, 0.3) is 0 Å². The number of aromatic nitrogens is 1. The molecule has 2 aromatic rings. The van der Waals surface area contributed by atoms with Gasteiger partial charge in [0.1, 0.15) is 11.6 Å². The highest BCUT2D eigenvalue weighted by molar-refractivity contribution is 5.94. The number of hydrogen-bond donors (Lipinski definition) is 2. The lowest BCUT2D eigenvalue weighted by molar-refractivity contribution is -0.147. The Bertz CT molecular complexity index is 757. The summed E-state index contributed by atoms with van der Waals surface area (Å²) < 4.78 is 22.3. The number of aryl methyl sites for hydroxylation is 1. The fourth-order valence-corrected chi connectivity index (χ4v) is 1.79. The maximum Gasteiger partial charge on any atom is 0.306 e. The zero-order valence-corrected chi connectivity index (χ0v) is 13.4. The van der Waals surface area contributed by atoms with Crippen LogP contribution in [-0.4, -0.2) is 29.5 Å². The number of nitrogens with zero attached hydrogens (tertiary/aromatic N) is 1. The lowest BCUT2D eigenvalue weighted by Gasteiger charge is -2.06. The summed E-state index contributed by atoms with van der Waals surface area (Å²) in [5.74, 6) is -1.36. The third kappa shape index (κ3) is 6.42. The van der Waals surface area contributed by atoms with Crippen LogP contribution in [0.5, 0.6) is 0 Å². The van der Waals surface area contributed by atoms with E-state index in [2.05, 4.69) is 15.8 Å². The molecule has 0 atom stereocenters. The van der Waals surface area contributed by atoms with Gasteiger partial charge in [-0.3, -0.25) is 14.4 Å². The minimum atomic E-state index is -0.694. The van der Waals surface area contributed by atoms with E-state index in [0.717, 1.165) is 0 Å². The van der Waals surface area contributed by atoms with Gasteiger partial charge in [0, 0.05) is 18.2 Å². The minimum Gasteiger partial charge on any atom is -0.456 e. The number of rotatable bonds is 7. The summed E-state index contributed by atoms with van der Waals surface area (Å²) in [6, 6.07) is 6.74. The fraction of sp³-hybridized carbons (Fsp3) is 0.250. The van der Waals surface area contributed by atoms with E-state index in [9.17, 15) is 18.8 Å². The molecule has 0 aliphatic heterocycles. The van der Waals surface area contributed by atoms with E-state index in [1.54, 1.807) is 6.92 Å². The van der Waals surface area contributed by atoms with E-state index in [4.69, 9.17) is 9.26 Å². The van der Waals surface area contributed by atoms with Gasteiger partial charge in [0.25, 0.3) is 5.91 Å². The van der Waals surface area contributed by atoms with Crippen molar-refractivity contribution in [3.05, 3.63) is 41.9 Å². The Morgan fingerprint density at radius 3 is 2.48 bits per heavy atom. The van der Waals surface area contributed by atoms with Crippen LogP contribution in [0.2, 0.25) is 0 Å². The van der Waals surface area contributed by atoms with Crippen molar-refractivity contribution in [1.29, 1.82) is 0 Å². The number of esters is 1. The average Bonchev–Trinajstić information content (AvgIpc) is 2.98. The highest BCUT2D eigenvalue weighted by Gasteiger charge is 2.12. The standard InChI is InChI=1S/C16H16FN3O5/c1-10-8-13(20-25-10)19-15(22)9-24-16(23)7-6-14(21)18-12-4-2-11(17)3-5-12/h2-5,8H,6-7,9H2,1H3,(H,18,21)(H,19,20,22). The molecule has 1 heterocycles. The molecular formula is C16H16FN3O5. The van der Waals surface area contributed by atoms with Crippen LogP contribution in [0.4, 0.5) is 15.9 Å². The lowest BCUT2D eigenvalue weighted by Crippen LogP contribution is -2.22. The largest absolute Gasteiger partial charge is 0.456 e. The highest BCUT2D eigenvalue weighted by atomic mass is 19.1. The number of carbonyl (C=O) groups excluding carboxylic acids is 3. The summed E-state index contributed by atoms with van der Waals surface area (Å²) >= 11 is 0. The number of carbonyl (C=O) groups is 3. The normalized spacial score (nSPS) is 10.2. The Hall–Kier alpha value is -3.23. The van der Waals surface area contributed by atoms with Gasteiger partial charge in [-0.2, -0.15) is 0 Å². The second-order valence-corrected chi connectivity index (χ2v) is 5.09. The zero-order valence-electron chi connectivity index (χ0n) is 13.4. The van der Waals surface area contributed by atoms with Crippen molar-refractivity contribution in [2.45, 2.75) is 19.8 Å². The number of ether oxygens (including phenoxy) is 1. The predicted octanol–water partition coefficient (Wildman–Crippen LogP) is 2.02. The Morgan fingerprint density at radius 2 is 1.84 bits per heavy atom. The molecule has 2 N–H and O–H groups in total. The van der Waals surface area contributed by atoms with Crippen LogP contribution in [0.1, 0.15) is 18.6 Å². The molecule has 0 fully saturated rings. The van der Waals surface area contributed by atoms with Gasteiger partial charge >= 0.3 is 5.97 Å². The van der Waals surface area contributed by atoms with Crippen molar-refractivity contribution in [3.63, 3.8) is 0 Å². The Balaban J connectivity index is 1.65. The summed E-state index contributed by atoms with van der Waals surface area (Å²) in [5, 5.41) is 8.47. The molecule has 0 saturated heterocycles. The minimum absolute atomic E-state index is 0.125. The predicted molar refractivity (Wildman–Crippen MR) is 85.1 cm³/mol. The van der Waals surface area contributed by atoms with Gasteiger partial charge in [-0.25, -0.2) is 4.39 Å². The van der Waals surface area contributed by atoms with Crippen LogP contribution in [0, 0.1) is 12.7 Å². The molecule has 0 saturated carbocycles. The van der Waals surface area contributed by atoms with Crippen molar-refractivity contribution in [2.24, 2.45) is 0 Å². The van der Waals surface area contributed by atoms with Crippen molar-refractivity contribution in [2.75, 3.05) is 17.2 Å². The number of benzene rings is 1. The van der Waals surface area contributed by atoms with Crippen LogP contribution in [-0.2, 0) is 19.1 Å². The van der Waals surface area contributed by atoms with E-state index >= 15 is 0 Å². The summed E-state index contributed by atoms with van der Waals surface area (Å²) in [6.07, 6.45) is -0.316. The molecule has 0 aliphatic rings. The van der Waals surface area contributed by atoms with Crippen molar-refractivity contribution >= 4 is 29.3 Å². The zero-order chi connectivity index (χ0) is 18.2. The average molecular weight is 349 g/mol. The van der Waals surface area contributed by atoms with Crippen molar-refractivity contribution < 1.29 is 28.0 Å². The first kappa shape index (κ1) is 18.1. The maximum atomic E-state index is 12.8. The molecule has 8 nitrogen and oxygen atoms in total. The molecule has 1 aromatic heterocycles. The third-order valence-electron chi connectivity index (χ3n) is 2.94. The van der Waals surface area contributed by atoms with E-state index in [0.29, 0.717) is 11.4 Å². The first-order chi connectivity index (χ1) is 11.9. The Morgan fingerprint density at radius 1 is 1.12 bits per heavy atom. The van der Waals surface area contributed by atoms with Gasteiger partial charge in [-0.15, -0.1) is 0 Å². The number of amides is 2. The van der Waals surface area contributed by atoms with Gasteiger partial charge < -0.3 is 19.9 Å². The molecule has 0 unspecified atom stereocenters. The number of halogens is 1. The smallest absolute Gasteiger partial charge is 0.306 e. The monoisotopic (exact) mass is 349 g/mol. The molecule has 2 amide bonds. The first-order valence-corrected chi connectivity index (χ1v) is 7.36. The summed E-state index contributed by atoms with van der Waals surface area (Å²) in [6.45, 7) is 1.17. The van der Waals surface area contributed by atoms with Crippen LogP contribution in [0.3, 0.4) is 0 Å². The molecule has 132 valence electrons. The molecule has 9 heteroatoms. The van der Waals surface area contributed by atoms with Crippen molar-refractivity contribution in [3.8, 4) is 0 Å². The summed E-state index contributed by atoms with van der Waals surface area (Å²) in [5.41, 5.74) is 0.419. The molecule has 0 spiro atoms. The quantitative estimate of drug-likeness (QED) is 0.740. The summed E-state index contributed by atoms with van der Waals surface area (Å²) in [4.78, 5) is 34.8. The molecular weight excluding hydrogens is 333 g/mol. The van der Waals surface area contributed by atoms with Gasteiger partial charge in [-0.1, -0.05) is 5.16 Å². The molecule has 0 radical (unpaired) electrons. The van der Waals surface area contributed by atoms with E-state index in [1.807, 2.05) is 0 Å². The first-order valence-electron chi connectivity index (χ1n) is 7.36. The topological polar surface area (TPSA) is 111 Å². The summed E-state index contributed by atoms with van der Waals surface area (Å²) in [7, 11) is 0. The number of nitrogens with one attached hydrogen (secondary N) is 2. The van der Waals surface area contributed by atoms with Crippen LogP contribution in [0.15, 0.2) is 34.9 Å². The van der Waals surface area contributed by atoms with E-state index in [-0.39, 0.29) is 18.7 Å². The van der Waals surface area contributed by atoms with Gasteiger partial charge in [0.05, 0.1) is 6.42 Å². The second-order valence-electron chi connectivity index (χ2n) is 5.09. The van der Waals surface area contributed by atoms with Gasteiger partial charge in [0.15, 0.2) is 12.4 Å². The van der Waals surface area contributed by atoms with E-state index < -0.39 is 30.2 Å². The van der Waals surface area contributed by atoms with Gasteiger partial charge in [-0.05, 0) is 31.2 Å². The van der Waals surface area contributed by atoms with Crippen LogP contribution >= 0.6 is 0 Å². The molecule has 2 rings (SSSR count). The molecule has 1 aromatic carbocycles. The van der Waals surface area contributed by atoms with Crippen molar-refractivity contribution in [1.82, 2.24) is 5.16 Å². The molecule has 0 aliphatic carbocycles. The van der Waals surface area contributed by atoms with Gasteiger partial charge in [0.2, 0.25) is 5.91 Å². The fourth-order valence-electron chi connectivity index (χ4n) is 1.79. The molecule has 0 bridgehead atoms. The number of hydrogen-bond acceptors (Lipinski definition) is 6.